The number of nitrogens with two attached hydrogens (primary N) is 1. The van der Waals surface area contributed by atoms with Gasteiger partial charge in [0.1, 0.15) is 11.5 Å². The summed E-state index contributed by atoms with van der Waals surface area (Å²) in [5.74, 6) is -0.272. The Morgan fingerprint density at radius 2 is 2.00 bits per heavy atom. The van der Waals surface area contributed by atoms with E-state index in [9.17, 15) is 4.39 Å². The van der Waals surface area contributed by atoms with E-state index in [1.807, 2.05) is 11.4 Å². The molecule has 1 aromatic carbocycles. The Balaban J connectivity index is 2.04. The van der Waals surface area contributed by atoms with Gasteiger partial charge in [0, 0.05) is 9.85 Å². The molecule has 0 aliphatic carbocycles. The maximum atomic E-state index is 12.9. The molecule has 0 amide bonds. The summed E-state index contributed by atoms with van der Waals surface area (Å²) in [4.78, 5) is 0.991. The summed E-state index contributed by atoms with van der Waals surface area (Å²) in [5, 5.41) is 6.43. The Morgan fingerprint density at radius 3 is 2.63 bits per heavy atom. The van der Waals surface area contributed by atoms with Crippen LogP contribution in [0.5, 0.6) is 0 Å². The van der Waals surface area contributed by atoms with Crippen LogP contribution in [0, 0.1) is 5.82 Å². The predicted molar refractivity (Wildman–Crippen MR) is 78.9 cm³/mol. The van der Waals surface area contributed by atoms with Crippen molar-refractivity contribution in [2.75, 3.05) is 5.73 Å². The van der Waals surface area contributed by atoms with E-state index < -0.39 is 0 Å². The number of hydrogen-bond acceptors (Lipinski definition) is 3. The van der Waals surface area contributed by atoms with Crippen molar-refractivity contribution >= 4 is 33.0 Å². The molecular weight excluding hydrogens is 329 g/mol. The van der Waals surface area contributed by atoms with Crippen molar-refractivity contribution in [3.8, 4) is 16.3 Å². The fourth-order valence-corrected chi connectivity index (χ4v) is 3.18. The van der Waals surface area contributed by atoms with Crippen LogP contribution in [0.15, 0.2) is 46.4 Å². The van der Waals surface area contributed by atoms with Gasteiger partial charge in [0.25, 0.3) is 0 Å². The van der Waals surface area contributed by atoms with E-state index in [1.165, 1.54) is 12.1 Å². The molecule has 6 heteroatoms. The molecule has 2 N–H and O–H groups in total. The van der Waals surface area contributed by atoms with E-state index >= 15 is 0 Å². The highest BCUT2D eigenvalue weighted by Gasteiger charge is 2.11. The summed E-state index contributed by atoms with van der Waals surface area (Å²) in [5.41, 5.74) is 8.09. The third kappa shape index (κ3) is 2.41. The van der Waals surface area contributed by atoms with Crippen molar-refractivity contribution in [1.29, 1.82) is 0 Å². The van der Waals surface area contributed by atoms with Gasteiger partial charge in [-0.25, -0.2) is 9.07 Å². The molecule has 0 bridgehead atoms. The standard InChI is InChI=1S/C13H9BrFN3S/c14-8-5-12(19-7-8)13-11(16)6-18(17-13)10-3-1-9(15)2-4-10/h1-7H,16H2. The lowest BCUT2D eigenvalue weighted by atomic mass is 10.3. The van der Waals surface area contributed by atoms with Gasteiger partial charge >= 0.3 is 0 Å². The summed E-state index contributed by atoms with van der Waals surface area (Å²) < 4.78 is 15.6. The molecule has 2 aromatic heterocycles. The zero-order chi connectivity index (χ0) is 13.4. The van der Waals surface area contributed by atoms with Gasteiger partial charge < -0.3 is 5.73 Å². The molecule has 0 aliphatic rings. The van der Waals surface area contributed by atoms with Gasteiger partial charge in [-0.05, 0) is 46.3 Å². The zero-order valence-corrected chi connectivity index (χ0v) is 12.1. The molecule has 96 valence electrons. The van der Waals surface area contributed by atoms with Crippen LogP contribution >= 0.6 is 27.3 Å². The quantitative estimate of drug-likeness (QED) is 0.765. The normalized spacial score (nSPS) is 10.8. The van der Waals surface area contributed by atoms with E-state index in [1.54, 1.807) is 34.3 Å². The third-order valence-electron chi connectivity index (χ3n) is 2.63. The highest BCUT2D eigenvalue weighted by molar-refractivity contribution is 9.10. The summed E-state index contributed by atoms with van der Waals surface area (Å²) in [6.45, 7) is 0. The number of aromatic nitrogens is 2. The molecule has 3 rings (SSSR count). The monoisotopic (exact) mass is 337 g/mol. The summed E-state index contributed by atoms with van der Waals surface area (Å²) in [7, 11) is 0. The van der Waals surface area contributed by atoms with E-state index in [4.69, 9.17) is 5.73 Å². The summed E-state index contributed by atoms with van der Waals surface area (Å²) >= 11 is 4.97. The highest BCUT2D eigenvalue weighted by atomic mass is 79.9. The molecule has 0 saturated heterocycles. The Kier molecular flexibility index (Phi) is 3.12. The van der Waals surface area contributed by atoms with Gasteiger partial charge in [-0.2, -0.15) is 5.10 Å². The number of thiophene rings is 1. The minimum atomic E-state index is -0.272. The molecule has 3 aromatic rings. The van der Waals surface area contributed by atoms with Gasteiger partial charge in [-0.15, -0.1) is 11.3 Å². The van der Waals surface area contributed by atoms with Crippen molar-refractivity contribution in [2.24, 2.45) is 0 Å². The first-order valence-corrected chi connectivity index (χ1v) is 7.16. The van der Waals surface area contributed by atoms with Crippen LogP contribution in [0.25, 0.3) is 16.3 Å². The highest BCUT2D eigenvalue weighted by Crippen LogP contribution is 2.32. The minimum Gasteiger partial charge on any atom is -0.396 e. The molecule has 3 nitrogen and oxygen atoms in total. The van der Waals surface area contributed by atoms with Gasteiger partial charge in [-0.3, -0.25) is 0 Å². The first-order valence-electron chi connectivity index (χ1n) is 5.49. The number of nitrogen functional groups attached to an aromatic ring is 1. The van der Waals surface area contributed by atoms with Crippen LogP contribution < -0.4 is 5.73 Å². The Bertz CT molecular complexity index is 718. The molecule has 2 heterocycles. The molecule has 19 heavy (non-hydrogen) atoms. The first-order chi connectivity index (χ1) is 9.13. The average molecular weight is 338 g/mol. The van der Waals surface area contributed by atoms with E-state index in [0.29, 0.717) is 5.69 Å². The molecule has 0 saturated carbocycles. The maximum Gasteiger partial charge on any atom is 0.126 e. The maximum absolute atomic E-state index is 12.9. The van der Waals surface area contributed by atoms with Crippen LogP contribution in [0.1, 0.15) is 0 Å². The van der Waals surface area contributed by atoms with Crippen molar-refractivity contribution in [3.63, 3.8) is 0 Å². The lowest BCUT2D eigenvalue weighted by Crippen LogP contribution is -1.94. The smallest absolute Gasteiger partial charge is 0.126 e. The Morgan fingerprint density at radius 1 is 1.26 bits per heavy atom. The molecule has 0 unspecified atom stereocenters. The van der Waals surface area contributed by atoms with Crippen molar-refractivity contribution in [3.05, 3.63) is 52.2 Å². The Hall–Kier alpha value is -1.66. The fourth-order valence-electron chi connectivity index (χ4n) is 1.74. The number of nitrogens with zero attached hydrogens (tertiary/aromatic N) is 2. The molecule has 0 fully saturated rings. The predicted octanol–water partition coefficient (Wildman–Crippen LogP) is 4.08. The molecular formula is C13H9BrFN3S. The number of hydrogen-bond donors (Lipinski definition) is 1. The lowest BCUT2D eigenvalue weighted by molar-refractivity contribution is 0.627. The number of benzene rings is 1. The average Bonchev–Trinajstić information content (AvgIpc) is 2.96. The van der Waals surface area contributed by atoms with Crippen LogP contribution in [0.3, 0.4) is 0 Å². The molecule has 0 aliphatic heterocycles. The summed E-state index contributed by atoms with van der Waals surface area (Å²) in [6.07, 6.45) is 1.73. The van der Waals surface area contributed by atoms with Gasteiger partial charge in [0.2, 0.25) is 0 Å². The van der Waals surface area contributed by atoms with Gasteiger partial charge in [-0.1, -0.05) is 0 Å². The van der Waals surface area contributed by atoms with Crippen molar-refractivity contribution in [2.45, 2.75) is 0 Å². The van der Waals surface area contributed by atoms with Gasteiger partial charge in [0.15, 0.2) is 0 Å². The number of anilines is 1. The lowest BCUT2D eigenvalue weighted by Gasteiger charge is -1.99. The number of halogens is 2. The first kappa shape index (κ1) is 12.4. The van der Waals surface area contributed by atoms with Crippen molar-refractivity contribution in [1.82, 2.24) is 9.78 Å². The van der Waals surface area contributed by atoms with Crippen LogP contribution in [-0.2, 0) is 0 Å². The van der Waals surface area contributed by atoms with Crippen LogP contribution in [-0.4, -0.2) is 9.78 Å². The Labute approximate surface area is 121 Å². The van der Waals surface area contributed by atoms with E-state index in [2.05, 4.69) is 21.0 Å². The minimum absolute atomic E-state index is 0.272. The van der Waals surface area contributed by atoms with Crippen molar-refractivity contribution < 1.29 is 4.39 Å². The third-order valence-corrected chi connectivity index (χ3v) is 4.33. The number of rotatable bonds is 2. The second kappa shape index (κ2) is 4.79. The van der Waals surface area contributed by atoms with Gasteiger partial charge in [0.05, 0.1) is 22.4 Å². The molecule has 0 spiro atoms. The summed E-state index contributed by atoms with van der Waals surface area (Å²) in [6, 6.07) is 8.09. The largest absolute Gasteiger partial charge is 0.396 e. The second-order valence-corrected chi connectivity index (χ2v) is 5.81. The van der Waals surface area contributed by atoms with Crippen LogP contribution in [0.2, 0.25) is 0 Å². The topological polar surface area (TPSA) is 43.8 Å². The zero-order valence-electron chi connectivity index (χ0n) is 9.68. The molecule has 0 radical (unpaired) electrons. The second-order valence-electron chi connectivity index (χ2n) is 3.98. The molecule has 0 atom stereocenters. The van der Waals surface area contributed by atoms with E-state index in [0.717, 1.165) is 20.7 Å². The fraction of sp³-hybridized carbons (Fsp3) is 0. The SMILES string of the molecule is Nc1cn(-c2ccc(F)cc2)nc1-c1cc(Br)cs1. The van der Waals surface area contributed by atoms with Crippen LogP contribution in [0.4, 0.5) is 10.1 Å². The van der Waals surface area contributed by atoms with E-state index in [-0.39, 0.29) is 5.82 Å².